The molecular formula is C16H20FNO4. The number of aliphatic carboxylic acids is 1. The van der Waals surface area contributed by atoms with Crippen LogP contribution in [0.5, 0.6) is 0 Å². The second-order valence-corrected chi connectivity index (χ2v) is 5.51. The summed E-state index contributed by atoms with van der Waals surface area (Å²) in [4.78, 5) is 24.1. The summed E-state index contributed by atoms with van der Waals surface area (Å²) in [6, 6.07) is 8.61. The van der Waals surface area contributed by atoms with E-state index in [-0.39, 0.29) is 13.2 Å². The summed E-state index contributed by atoms with van der Waals surface area (Å²) in [5.74, 6) is -1.93. The van der Waals surface area contributed by atoms with Gasteiger partial charge in [-0.2, -0.15) is 0 Å². The first-order valence-corrected chi connectivity index (χ1v) is 7.35. The van der Waals surface area contributed by atoms with Gasteiger partial charge in [0.25, 0.3) is 0 Å². The summed E-state index contributed by atoms with van der Waals surface area (Å²) in [6.07, 6.45) is -0.695. The molecule has 22 heavy (non-hydrogen) atoms. The van der Waals surface area contributed by atoms with Gasteiger partial charge >= 0.3 is 12.1 Å². The summed E-state index contributed by atoms with van der Waals surface area (Å²) in [7, 11) is 0. The Balaban J connectivity index is 1.80. The van der Waals surface area contributed by atoms with Crippen LogP contribution in [0.25, 0.3) is 0 Å². The number of nitrogens with zero attached hydrogens (tertiary/aromatic N) is 1. The SMILES string of the molecule is CC1C(F)CN(C(=O)OCCCc2ccccc2)[C@@H]1C(=O)O. The zero-order chi connectivity index (χ0) is 16.1. The van der Waals surface area contributed by atoms with Gasteiger partial charge in [0.2, 0.25) is 0 Å². The molecule has 0 spiro atoms. The molecule has 0 aliphatic carbocycles. The Bertz CT molecular complexity index is 522. The van der Waals surface area contributed by atoms with Crippen molar-refractivity contribution in [3.63, 3.8) is 0 Å². The van der Waals surface area contributed by atoms with Gasteiger partial charge in [0, 0.05) is 5.92 Å². The molecule has 0 radical (unpaired) electrons. The van der Waals surface area contributed by atoms with Gasteiger partial charge in [-0.25, -0.2) is 14.0 Å². The predicted octanol–water partition coefficient (Wildman–Crippen LogP) is 2.50. The monoisotopic (exact) mass is 309 g/mol. The molecule has 3 atom stereocenters. The highest BCUT2D eigenvalue weighted by molar-refractivity contribution is 5.81. The van der Waals surface area contributed by atoms with Gasteiger partial charge in [-0.05, 0) is 18.4 Å². The third kappa shape index (κ3) is 3.75. The summed E-state index contributed by atoms with van der Waals surface area (Å²) in [6.45, 7) is 1.45. The van der Waals surface area contributed by atoms with Crippen LogP contribution in [0.3, 0.4) is 0 Å². The van der Waals surface area contributed by atoms with Crippen LogP contribution in [0.15, 0.2) is 30.3 Å². The molecule has 0 bridgehead atoms. The van der Waals surface area contributed by atoms with Gasteiger partial charge in [0.1, 0.15) is 12.2 Å². The van der Waals surface area contributed by atoms with E-state index in [9.17, 15) is 14.0 Å². The van der Waals surface area contributed by atoms with Crippen molar-refractivity contribution in [3.8, 4) is 0 Å². The molecule has 1 aromatic rings. The van der Waals surface area contributed by atoms with Crippen LogP contribution >= 0.6 is 0 Å². The first-order valence-electron chi connectivity index (χ1n) is 7.35. The number of carbonyl (C=O) groups excluding carboxylic acids is 1. The van der Waals surface area contributed by atoms with Crippen molar-refractivity contribution in [2.75, 3.05) is 13.2 Å². The molecule has 120 valence electrons. The number of aryl methyl sites for hydroxylation is 1. The highest BCUT2D eigenvalue weighted by Crippen LogP contribution is 2.27. The Kier molecular flexibility index (Phi) is 5.35. The second kappa shape index (κ2) is 7.24. The van der Waals surface area contributed by atoms with E-state index in [0.29, 0.717) is 6.42 Å². The van der Waals surface area contributed by atoms with Crippen LogP contribution in [0.1, 0.15) is 18.9 Å². The van der Waals surface area contributed by atoms with E-state index in [2.05, 4.69) is 0 Å². The van der Waals surface area contributed by atoms with E-state index >= 15 is 0 Å². The average molecular weight is 309 g/mol. The number of carboxylic acid groups (broad SMARTS) is 1. The van der Waals surface area contributed by atoms with Crippen molar-refractivity contribution in [3.05, 3.63) is 35.9 Å². The molecule has 1 aliphatic heterocycles. The fourth-order valence-electron chi connectivity index (χ4n) is 2.66. The standard InChI is InChI=1S/C16H20FNO4/c1-11-13(17)10-18(14(11)15(19)20)16(21)22-9-5-8-12-6-3-2-4-7-12/h2-4,6-7,11,13-14H,5,8-10H2,1H3,(H,19,20)/t11?,13?,14-/m0/s1. The molecule has 5 nitrogen and oxygen atoms in total. The number of carboxylic acids is 1. The fraction of sp³-hybridized carbons (Fsp3) is 0.500. The Hall–Kier alpha value is -2.11. The van der Waals surface area contributed by atoms with Crippen LogP contribution in [0.2, 0.25) is 0 Å². The molecular weight excluding hydrogens is 289 g/mol. The summed E-state index contributed by atoms with van der Waals surface area (Å²) in [5, 5.41) is 9.12. The Labute approximate surface area is 128 Å². The van der Waals surface area contributed by atoms with Crippen molar-refractivity contribution in [1.29, 1.82) is 0 Å². The van der Waals surface area contributed by atoms with E-state index in [0.717, 1.165) is 16.9 Å². The molecule has 6 heteroatoms. The number of hydrogen-bond acceptors (Lipinski definition) is 3. The van der Waals surface area contributed by atoms with Crippen LogP contribution in [-0.2, 0) is 16.0 Å². The topological polar surface area (TPSA) is 66.8 Å². The van der Waals surface area contributed by atoms with Crippen LogP contribution < -0.4 is 0 Å². The van der Waals surface area contributed by atoms with Gasteiger partial charge in [0.15, 0.2) is 0 Å². The van der Waals surface area contributed by atoms with Crippen LogP contribution in [-0.4, -0.2) is 47.4 Å². The molecule has 2 unspecified atom stereocenters. The lowest BCUT2D eigenvalue weighted by Crippen LogP contribution is -2.43. The maximum atomic E-state index is 13.6. The largest absolute Gasteiger partial charge is 0.480 e. The molecule has 1 fully saturated rings. The second-order valence-electron chi connectivity index (χ2n) is 5.51. The molecule has 1 amide bonds. The predicted molar refractivity (Wildman–Crippen MR) is 78.3 cm³/mol. The van der Waals surface area contributed by atoms with E-state index in [1.165, 1.54) is 6.92 Å². The minimum atomic E-state index is -1.34. The first kappa shape index (κ1) is 16.3. The number of amides is 1. The Morgan fingerprint density at radius 2 is 2.05 bits per heavy atom. The third-order valence-corrected chi connectivity index (χ3v) is 3.94. The Morgan fingerprint density at radius 3 is 2.68 bits per heavy atom. The lowest BCUT2D eigenvalue weighted by atomic mass is 10.0. The van der Waals surface area contributed by atoms with Crippen molar-refractivity contribution in [2.24, 2.45) is 5.92 Å². The van der Waals surface area contributed by atoms with Crippen molar-refractivity contribution in [2.45, 2.75) is 32.0 Å². The van der Waals surface area contributed by atoms with Gasteiger partial charge in [-0.3, -0.25) is 4.90 Å². The number of ether oxygens (including phenoxy) is 1. The molecule has 2 rings (SSSR count). The van der Waals surface area contributed by atoms with Gasteiger partial charge in [-0.1, -0.05) is 37.3 Å². The van der Waals surface area contributed by atoms with E-state index < -0.39 is 30.2 Å². The molecule has 0 saturated carbocycles. The molecule has 0 aromatic heterocycles. The number of likely N-dealkylation sites (tertiary alicyclic amines) is 1. The molecule has 1 N–H and O–H groups in total. The van der Waals surface area contributed by atoms with E-state index in [4.69, 9.17) is 9.84 Å². The number of carbonyl (C=O) groups is 2. The van der Waals surface area contributed by atoms with Crippen molar-refractivity contribution >= 4 is 12.1 Å². The molecule has 1 saturated heterocycles. The lowest BCUT2D eigenvalue weighted by molar-refractivity contribution is -0.143. The molecule has 1 aromatic carbocycles. The van der Waals surface area contributed by atoms with Gasteiger partial charge < -0.3 is 9.84 Å². The number of benzene rings is 1. The fourth-order valence-corrected chi connectivity index (χ4v) is 2.66. The smallest absolute Gasteiger partial charge is 0.410 e. The van der Waals surface area contributed by atoms with Crippen molar-refractivity contribution in [1.82, 2.24) is 4.90 Å². The highest BCUT2D eigenvalue weighted by atomic mass is 19.1. The van der Waals surface area contributed by atoms with Crippen LogP contribution in [0, 0.1) is 5.92 Å². The molecule has 1 heterocycles. The zero-order valence-corrected chi connectivity index (χ0v) is 12.4. The van der Waals surface area contributed by atoms with Gasteiger partial charge in [-0.15, -0.1) is 0 Å². The lowest BCUT2D eigenvalue weighted by Gasteiger charge is -2.22. The summed E-state index contributed by atoms with van der Waals surface area (Å²) >= 11 is 0. The average Bonchev–Trinajstić information content (AvgIpc) is 2.80. The number of hydrogen-bond donors (Lipinski definition) is 1. The zero-order valence-electron chi connectivity index (χ0n) is 12.4. The number of halogens is 1. The first-order chi connectivity index (χ1) is 10.5. The van der Waals surface area contributed by atoms with Crippen molar-refractivity contribution < 1.29 is 23.8 Å². The normalized spacial score (nSPS) is 24.3. The summed E-state index contributed by atoms with van der Waals surface area (Å²) in [5.41, 5.74) is 1.14. The minimum absolute atomic E-state index is 0.182. The maximum absolute atomic E-state index is 13.6. The minimum Gasteiger partial charge on any atom is -0.480 e. The van der Waals surface area contributed by atoms with Gasteiger partial charge in [0.05, 0.1) is 13.2 Å². The number of rotatable bonds is 5. The summed E-state index contributed by atoms with van der Waals surface area (Å²) < 4.78 is 18.7. The maximum Gasteiger partial charge on any atom is 0.410 e. The molecule has 1 aliphatic rings. The number of alkyl halides is 1. The quantitative estimate of drug-likeness (QED) is 0.849. The highest BCUT2D eigenvalue weighted by Gasteiger charge is 2.46. The van der Waals surface area contributed by atoms with E-state index in [1.54, 1.807) is 0 Å². The third-order valence-electron chi connectivity index (χ3n) is 3.94. The van der Waals surface area contributed by atoms with E-state index in [1.807, 2.05) is 30.3 Å². The van der Waals surface area contributed by atoms with Crippen LogP contribution in [0.4, 0.5) is 9.18 Å². The Morgan fingerprint density at radius 1 is 1.36 bits per heavy atom.